The maximum absolute atomic E-state index is 12.1. The van der Waals surface area contributed by atoms with E-state index in [1.165, 1.54) is 13.5 Å². The number of carbonyl (C=O) groups excluding carboxylic acids is 2. The number of likely N-dealkylation sites (tertiary alicyclic amines) is 1. The van der Waals surface area contributed by atoms with Crippen LogP contribution in [-0.2, 0) is 14.3 Å². The molecule has 1 rings (SSSR count). The Labute approximate surface area is 109 Å². The van der Waals surface area contributed by atoms with E-state index in [0.717, 1.165) is 25.9 Å². The first kappa shape index (κ1) is 15.0. The minimum Gasteiger partial charge on any atom is -0.469 e. The topological polar surface area (TPSA) is 58.6 Å². The molecule has 0 bridgehead atoms. The molecule has 1 aliphatic heterocycles. The summed E-state index contributed by atoms with van der Waals surface area (Å²) < 4.78 is 4.56. The van der Waals surface area contributed by atoms with Gasteiger partial charge < -0.3 is 15.0 Å². The number of nitrogens with zero attached hydrogens (tertiary/aromatic N) is 1. The van der Waals surface area contributed by atoms with Crippen LogP contribution in [0.2, 0.25) is 0 Å². The van der Waals surface area contributed by atoms with Crippen molar-refractivity contribution in [3.8, 4) is 0 Å². The third-order valence-electron chi connectivity index (χ3n) is 3.27. The molecule has 0 radical (unpaired) electrons. The van der Waals surface area contributed by atoms with Crippen LogP contribution in [0.15, 0.2) is 0 Å². The monoisotopic (exact) mass is 256 g/mol. The number of rotatable bonds is 6. The SMILES string of the molecule is COC(=O)CCCNC(C)C(=O)N1CCCCC1. The Morgan fingerprint density at radius 2 is 1.94 bits per heavy atom. The number of hydrogen-bond acceptors (Lipinski definition) is 4. The van der Waals surface area contributed by atoms with E-state index in [4.69, 9.17) is 0 Å². The van der Waals surface area contributed by atoms with Gasteiger partial charge in [-0.3, -0.25) is 9.59 Å². The normalized spacial score (nSPS) is 17.3. The molecule has 1 heterocycles. The van der Waals surface area contributed by atoms with Crippen molar-refractivity contribution in [2.45, 2.75) is 45.1 Å². The molecule has 1 amide bonds. The first-order valence-corrected chi connectivity index (χ1v) is 6.74. The molecular weight excluding hydrogens is 232 g/mol. The summed E-state index contributed by atoms with van der Waals surface area (Å²) in [5, 5.41) is 3.16. The van der Waals surface area contributed by atoms with E-state index in [2.05, 4.69) is 10.1 Å². The quantitative estimate of drug-likeness (QED) is 0.567. The molecule has 5 heteroatoms. The number of amides is 1. The fourth-order valence-electron chi connectivity index (χ4n) is 2.13. The van der Waals surface area contributed by atoms with Crippen molar-refractivity contribution in [2.24, 2.45) is 0 Å². The number of carbonyl (C=O) groups is 2. The number of ether oxygens (including phenoxy) is 1. The molecule has 0 aromatic carbocycles. The van der Waals surface area contributed by atoms with Crippen LogP contribution in [0.5, 0.6) is 0 Å². The van der Waals surface area contributed by atoms with Crippen LogP contribution in [0.25, 0.3) is 0 Å². The largest absolute Gasteiger partial charge is 0.469 e. The van der Waals surface area contributed by atoms with Gasteiger partial charge in [-0.05, 0) is 39.2 Å². The molecule has 18 heavy (non-hydrogen) atoms. The summed E-state index contributed by atoms with van der Waals surface area (Å²) in [6, 6.07) is -0.166. The summed E-state index contributed by atoms with van der Waals surface area (Å²) in [4.78, 5) is 24.9. The molecule has 1 aliphatic rings. The number of piperidine rings is 1. The highest BCUT2D eigenvalue weighted by atomic mass is 16.5. The molecule has 104 valence electrons. The van der Waals surface area contributed by atoms with Gasteiger partial charge in [-0.1, -0.05) is 0 Å². The molecule has 1 atom stereocenters. The smallest absolute Gasteiger partial charge is 0.305 e. The van der Waals surface area contributed by atoms with E-state index < -0.39 is 0 Å². The lowest BCUT2D eigenvalue weighted by Gasteiger charge is -2.29. The predicted octanol–water partition coefficient (Wildman–Crippen LogP) is 0.930. The van der Waals surface area contributed by atoms with Crippen molar-refractivity contribution in [2.75, 3.05) is 26.7 Å². The van der Waals surface area contributed by atoms with Crippen molar-refractivity contribution in [3.63, 3.8) is 0 Å². The lowest BCUT2D eigenvalue weighted by atomic mass is 10.1. The van der Waals surface area contributed by atoms with Gasteiger partial charge in [-0.2, -0.15) is 0 Å². The summed E-state index contributed by atoms with van der Waals surface area (Å²) in [5.41, 5.74) is 0. The summed E-state index contributed by atoms with van der Waals surface area (Å²) >= 11 is 0. The predicted molar refractivity (Wildman–Crippen MR) is 69.1 cm³/mol. The standard InChI is InChI=1S/C13H24N2O3/c1-11(14-8-6-7-12(16)18-2)13(17)15-9-4-3-5-10-15/h11,14H,3-10H2,1-2H3. The maximum atomic E-state index is 12.1. The molecule has 1 saturated heterocycles. The fraction of sp³-hybridized carbons (Fsp3) is 0.846. The number of methoxy groups -OCH3 is 1. The number of hydrogen-bond donors (Lipinski definition) is 1. The van der Waals surface area contributed by atoms with Gasteiger partial charge in [-0.25, -0.2) is 0 Å². The van der Waals surface area contributed by atoms with Gasteiger partial charge in [0.15, 0.2) is 0 Å². The lowest BCUT2D eigenvalue weighted by Crippen LogP contribution is -2.47. The minimum absolute atomic E-state index is 0.166. The summed E-state index contributed by atoms with van der Waals surface area (Å²) in [5.74, 6) is -0.0282. The Morgan fingerprint density at radius 3 is 2.56 bits per heavy atom. The number of nitrogens with one attached hydrogen (secondary N) is 1. The van der Waals surface area contributed by atoms with E-state index in [9.17, 15) is 9.59 Å². The summed E-state index contributed by atoms with van der Waals surface area (Å²) in [7, 11) is 1.39. The van der Waals surface area contributed by atoms with Crippen molar-refractivity contribution in [1.29, 1.82) is 0 Å². The second-order valence-corrected chi connectivity index (χ2v) is 4.74. The van der Waals surface area contributed by atoms with Crippen molar-refractivity contribution >= 4 is 11.9 Å². The van der Waals surface area contributed by atoms with Crippen molar-refractivity contribution in [1.82, 2.24) is 10.2 Å². The van der Waals surface area contributed by atoms with Crippen LogP contribution in [0, 0.1) is 0 Å². The van der Waals surface area contributed by atoms with Crippen LogP contribution in [-0.4, -0.2) is 49.6 Å². The highest BCUT2D eigenvalue weighted by molar-refractivity contribution is 5.81. The molecule has 1 N–H and O–H groups in total. The van der Waals surface area contributed by atoms with Crippen LogP contribution >= 0.6 is 0 Å². The Balaban J connectivity index is 2.17. The Bertz CT molecular complexity index is 275. The molecule has 0 spiro atoms. The van der Waals surface area contributed by atoms with E-state index in [1.807, 2.05) is 11.8 Å². The van der Waals surface area contributed by atoms with Gasteiger partial charge in [0.25, 0.3) is 0 Å². The van der Waals surface area contributed by atoms with Crippen LogP contribution in [0.4, 0.5) is 0 Å². The van der Waals surface area contributed by atoms with E-state index in [-0.39, 0.29) is 17.9 Å². The second kappa shape index (κ2) is 8.08. The van der Waals surface area contributed by atoms with Gasteiger partial charge in [0.2, 0.25) is 5.91 Å². The molecule has 1 unspecified atom stereocenters. The van der Waals surface area contributed by atoms with Crippen molar-refractivity contribution in [3.05, 3.63) is 0 Å². The highest BCUT2D eigenvalue weighted by Gasteiger charge is 2.21. The zero-order valence-electron chi connectivity index (χ0n) is 11.4. The third kappa shape index (κ3) is 5.04. The van der Waals surface area contributed by atoms with Crippen LogP contribution < -0.4 is 5.32 Å². The maximum Gasteiger partial charge on any atom is 0.305 e. The summed E-state index contributed by atoms with van der Waals surface area (Å²) in [6.45, 7) is 4.31. The molecule has 0 aliphatic carbocycles. The van der Waals surface area contributed by atoms with E-state index in [1.54, 1.807) is 0 Å². The first-order chi connectivity index (χ1) is 8.65. The third-order valence-corrected chi connectivity index (χ3v) is 3.27. The highest BCUT2D eigenvalue weighted by Crippen LogP contribution is 2.09. The molecular formula is C13H24N2O3. The molecule has 5 nitrogen and oxygen atoms in total. The summed E-state index contributed by atoms with van der Waals surface area (Å²) in [6.07, 6.45) is 4.55. The molecule has 0 aromatic rings. The zero-order chi connectivity index (χ0) is 13.4. The average Bonchev–Trinajstić information content (AvgIpc) is 2.43. The van der Waals surface area contributed by atoms with Gasteiger partial charge in [0.1, 0.15) is 0 Å². The molecule has 1 fully saturated rings. The lowest BCUT2D eigenvalue weighted by molar-refractivity contribution is -0.140. The fourth-order valence-corrected chi connectivity index (χ4v) is 2.13. The van der Waals surface area contributed by atoms with Gasteiger partial charge in [-0.15, -0.1) is 0 Å². The van der Waals surface area contributed by atoms with Gasteiger partial charge in [0.05, 0.1) is 13.2 Å². The first-order valence-electron chi connectivity index (χ1n) is 6.74. The average molecular weight is 256 g/mol. The van der Waals surface area contributed by atoms with Gasteiger partial charge >= 0.3 is 5.97 Å². The Kier molecular flexibility index (Phi) is 6.72. The second-order valence-electron chi connectivity index (χ2n) is 4.74. The molecule has 0 aromatic heterocycles. The van der Waals surface area contributed by atoms with E-state index >= 15 is 0 Å². The van der Waals surface area contributed by atoms with E-state index in [0.29, 0.717) is 19.4 Å². The molecule has 0 saturated carbocycles. The van der Waals surface area contributed by atoms with Crippen molar-refractivity contribution < 1.29 is 14.3 Å². The Hall–Kier alpha value is -1.10. The zero-order valence-corrected chi connectivity index (χ0v) is 11.4. The Morgan fingerprint density at radius 1 is 1.28 bits per heavy atom. The number of esters is 1. The minimum atomic E-state index is -0.202. The van der Waals surface area contributed by atoms with Crippen LogP contribution in [0.1, 0.15) is 39.0 Å². The van der Waals surface area contributed by atoms with Gasteiger partial charge in [0, 0.05) is 19.5 Å². The van der Waals surface area contributed by atoms with Crippen LogP contribution in [0.3, 0.4) is 0 Å².